The lowest BCUT2D eigenvalue weighted by atomic mass is 10.1. The van der Waals surface area contributed by atoms with Crippen LogP contribution in [0.15, 0.2) is 59.7 Å². The van der Waals surface area contributed by atoms with Crippen molar-refractivity contribution in [3.63, 3.8) is 0 Å². The molecule has 5 nitrogen and oxygen atoms in total. The van der Waals surface area contributed by atoms with Crippen LogP contribution in [0.4, 0.5) is 0 Å². The second-order valence-corrected chi connectivity index (χ2v) is 7.16. The summed E-state index contributed by atoms with van der Waals surface area (Å²) in [6.45, 7) is 1.87. The van der Waals surface area contributed by atoms with Crippen LogP contribution in [-0.2, 0) is 11.3 Å². The highest BCUT2D eigenvalue weighted by molar-refractivity contribution is 6.02. The van der Waals surface area contributed by atoms with E-state index in [1.807, 2.05) is 42.5 Å². The lowest BCUT2D eigenvalue weighted by Crippen LogP contribution is -2.38. The van der Waals surface area contributed by atoms with Gasteiger partial charge in [0.15, 0.2) is 0 Å². The molecule has 1 fully saturated rings. The van der Waals surface area contributed by atoms with E-state index in [-0.39, 0.29) is 5.91 Å². The first-order valence-corrected chi connectivity index (χ1v) is 9.53. The van der Waals surface area contributed by atoms with Crippen LogP contribution in [0.2, 0.25) is 0 Å². The highest BCUT2D eigenvalue weighted by Crippen LogP contribution is 2.29. The second-order valence-electron chi connectivity index (χ2n) is 7.16. The third-order valence-corrected chi connectivity index (χ3v) is 5.14. The molecule has 5 heteroatoms. The second kappa shape index (κ2) is 7.92. The van der Waals surface area contributed by atoms with Gasteiger partial charge in [-0.15, -0.1) is 0 Å². The molecular weight excluding hydrogens is 338 g/mol. The molecule has 0 spiro atoms. The van der Waals surface area contributed by atoms with Gasteiger partial charge in [-0.05, 0) is 36.1 Å². The molecule has 0 N–H and O–H groups in total. The number of hydrogen-bond donors (Lipinski definition) is 0. The van der Waals surface area contributed by atoms with Gasteiger partial charge in [0.2, 0.25) is 0 Å². The summed E-state index contributed by atoms with van der Waals surface area (Å²) >= 11 is 0. The third-order valence-electron chi connectivity index (χ3n) is 5.14. The summed E-state index contributed by atoms with van der Waals surface area (Å²) in [6, 6.07) is 18.7. The van der Waals surface area contributed by atoms with Crippen molar-refractivity contribution in [2.45, 2.75) is 31.8 Å². The molecule has 2 aromatic rings. The SMILES string of the molecule is COc1ccc(CN(CC(=O)N2CCC(c3ccccc3)=N2)C2CC2)cc1. The van der Waals surface area contributed by atoms with Gasteiger partial charge in [0.25, 0.3) is 5.91 Å². The van der Waals surface area contributed by atoms with Crippen LogP contribution in [-0.4, -0.2) is 47.8 Å². The molecule has 0 bridgehead atoms. The van der Waals surface area contributed by atoms with Crippen molar-refractivity contribution in [2.75, 3.05) is 20.2 Å². The highest BCUT2D eigenvalue weighted by atomic mass is 16.5. The average molecular weight is 363 g/mol. The van der Waals surface area contributed by atoms with Crippen molar-refractivity contribution in [3.05, 3.63) is 65.7 Å². The van der Waals surface area contributed by atoms with E-state index >= 15 is 0 Å². The summed E-state index contributed by atoms with van der Waals surface area (Å²) in [5, 5.41) is 6.22. The number of hydrogen-bond acceptors (Lipinski definition) is 4. The Morgan fingerprint density at radius 1 is 1.15 bits per heavy atom. The van der Waals surface area contributed by atoms with Crippen LogP contribution in [0.25, 0.3) is 0 Å². The Morgan fingerprint density at radius 3 is 2.56 bits per heavy atom. The Labute approximate surface area is 160 Å². The molecule has 1 aliphatic heterocycles. The number of nitrogens with zero attached hydrogens (tertiary/aromatic N) is 3. The van der Waals surface area contributed by atoms with Gasteiger partial charge in [0.1, 0.15) is 5.75 Å². The number of rotatable bonds is 7. The van der Waals surface area contributed by atoms with Gasteiger partial charge in [0, 0.05) is 19.0 Å². The predicted octanol–water partition coefficient (Wildman–Crippen LogP) is 3.30. The number of carbonyl (C=O) groups excluding carboxylic acids is 1. The molecule has 0 atom stereocenters. The van der Waals surface area contributed by atoms with Gasteiger partial charge in [0.05, 0.1) is 25.9 Å². The van der Waals surface area contributed by atoms with Crippen LogP contribution in [0.1, 0.15) is 30.4 Å². The minimum atomic E-state index is 0.0846. The Hall–Kier alpha value is -2.66. The fraction of sp³-hybridized carbons (Fsp3) is 0.364. The van der Waals surface area contributed by atoms with Gasteiger partial charge in [-0.25, -0.2) is 5.01 Å². The Kier molecular flexibility index (Phi) is 5.21. The molecule has 2 aliphatic rings. The molecule has 0 saturated heterocycles. The normalized spacial score (nSPS) is 16.5. The maximum atomic E-state index is 12.8. The Morgan fingerprint density at radius 2 is 1.89 bits per heavy atom. The van der Waals surface area contributed by atoms with Crippen molar-refractivity contribution in [3.8, 4) is 5.75 Å². The first kappa shape index (κ1) is 17.7. The molecule has 4 rings (SSSR count). The summed E-state index contributed by atoms with van der Waals surface area (Å²) in [7, 11) is 1.67. The maximum Gasteiger partial charge on any atom is 0.256 e. The predicted molar refractivity (Wildman–Crippen MR) is 106 cm³/mol. The number of methoxy groups -OCH3 is 1. The molecule has 1 aliphatic carbocycles. The van der Waals surface area contributed by atoms with Gasteiger partial charge >= 0.3 is 0 Å². The number of carbonyl (C=O) groups is 1. The lowest BCUT2D eigenvalue weighted by molar-refractivity contribution is -0.132. The number of benzene rings is 2. The molecular formula is C22H25N3O2. The zero-order valence-corrected chi connectivity index (χ0v) is 15.7. The Balaban J connectivity index is 1.40. The van der Waals surface area contributed by atoms with E-state index < -0.39 is 0 Å². The van der Waals surface area contributed by atoms with Crippen LogP contribution >= 0.6 is 0 Å². The van der Waals surface area contributed by atoms with E-state index in [4.69, 9.17) is 4.74 Å². The van der Waals surface area contributed by atoms with Crippen LogP contribution in [0.3, 0.4) is 0 Å². The topological polar surface area (TPSA) is 45.1 Å². The number of ether oxygens (including phenoxy) is 1. The number of amides is 1. The average Bonchev–Trinajstić information content (AvgIpc) is 3.44. The largest absolute Gasteiger partial charge is 0.497 e. The minimum absolute atomic E-state index is 0.0846. The fourth-order valence-corrected chi connectivity index (χ4v) is 3.45. The van der Waals surface area contributed by atoms with Crippen molar-refractivity contribution < 1.29 is 9.53 Å². The van der Waals surface area contributed by atoms with Crippen molar-refractivity contribution >= 4 is 11.6 Å². The molecule has 0 aromatic heterocycles. The van der Waals surface area contributed by atoms with Gasteiger partial charge in [-0.1, -0.05) is 42.5 Å². The van der Waals surface area contributed by atoms with Crippen LogP contribution in [0.5, 0.6) is 5.75 Å². The van der Waals surface area contributed by atoms with Gasteiger partial charge < -0.3 is 4.74 Å². The zero-order chi connectivity index (χ0) is 18.6. The van der Waals surface area contributed by atoms with E-state index in [1.165, 1.54) is 18.4 Å². The number of hydrazone groups is 1. The summed E-state index contributed by atoms with van der Waals surface area (Å²) in [4.78, 5) is 15.1. The van der Waals surface area contributed by atoms with E-state index in [9.17, 15) is 4.79 Å². The minimum Gasteiger partial charge on any atom is -0.497 e. The summed E-state index contributed by atoms with van der Waals surface area (Å²) in [5.74, 6) is 0.939. The van der Waals surface area contributed by atoms with Gasteiger partial charge in [-0.3, -0.25) is 9.69 Å². The van der Waals surface area contributed by atoms with E-state index in [0.717, 1.165) is 30.0 Å². The van der Waals surface area contributed by atoms with Crippen LogP contribution < -0.4 is 4.74 Å². The molecule has 140 valence electrons. The summed E-state index contributed by atoms with van der Waals surface area (Å²) < 4.78 is 5.22. The smallest absolute Gasteiger partial charge is 0.256 e. The molecule has 0 unspecified atom stereocenters. The maximum absolute atomic E-state index is 12.8. The first-order valence-electron chi connectivity index (χ1n) is 9.53. The van der Waals surface area contributed by atoms with E-state index in [2.05, 4.69) is 22.1 Å². The quantitative estimate of drug-likeness (QED) is 0.758. The molecule has 0 radical (unpaired) electrons. The van der Waals surface area contributed by atoms with E-state index in [0.29, 0.717) is 19.1 Å². The first-order chi connectivity index (χ1) is 13.2. The van der Waals surface area contributed by atoms with Crippen molar-refractivity contribution in [1.29, 1.82) is 0 Å². The monoisotopic (exact) mass is 363 g/mol. The summed E-state index contributed by atoms with van der Waals surface area (Å²) in [5.41, 5.74) is 3.30. The third kappa shape index (κ3) is 4.37. The Bertz CT molecular complexity index is 813. The lowest BCUT2D eigenvalue weighted by Gasteiger charge is -2.23. The van der Waals surface area contributed by atoms with Crippen molar-refractivity contribution in [1.82, 2.24) is 9.91 Å². The molecule has 27 heavy (non-hydrogen) atoms. The van der Waals surface area contributed by atoms with Crippen molar-refractivity contribution in [2.24, 2.45) is 5.10 Å². The molecule has 1 saturated carbocycles. The highest BCUT2D eigenvalue weighted by Gasteiger charge is 2.32. The molecule has 2 aromatic carbocycles. The van der Waals surface area contributed by atoms with Crippen LogP contribution in [0, 0.1) is 0 Å². The molecule has 1 amide bonds. The standard InChI is InChI=1S/C22H25N3O2/c1-27-20-11-7-17(8-12-20)15-24(19-9-10-19)16-22(26)25-14-13-21(23-25)18-5-3-2-4-6-18/h2-8,11-12,19H,9-10,13-16H2,1H3. The summed E-state index contributed by atoms with van der Waals surface area (Å²) in [6.07, 6.45) is 3.15. The van der Waals surface area contributed by atoms with Gasteiger partial charge in [-0.2, -0.15) is 5.10 Å². The zero-order valence-electron chi connectivity index (χ0n) is 15.7. The fourth-order valence-electron chi connectivity index (χ4n) is 3.45. The molecule has 1 heterocycles. The van der Waals surface area contributed by atoms with E-state index in [1.54, 1.807) is 12.1 Å².